The van der Waals surface area contributed by atoms with Crippen molar-refractivity contribution in [1.29, 1.82) is 5.26 Å². The molecule has 2 heteroatoms. The van der Waals surface area contributed by atoms with Gasteiger partial charge in [0.05, 0.1) is 11.6 Å². The molecule has 2 nitrogen and oxygen atoms in total. The lowest BCUT2D eigenvalue weighted by Gasteiger charge is -1.87. The van der Waals surface area contributed by atoms with Crippen LogP contribution in [0.3, 0.4) is 0 Å². The van der Waals surface area contributed by atoms with Crippen molar-refractivity contribution in [3.63, 3.8) is 0 Å². The number of benzene rings is 1. The fourth-order valence-corrected chi connectivity index (χ4v) is 0.536. The van der Waals surface area contributed by atoms with Gasteiger partial charge in [-0.1, -0.05) is 7.43 Å². The molecule has 0 unspecified atom stereocenters. The highest BCUT2D eigenvalue weighted by atomic mass is 16.3. The van der Waals surface area contributed by atoms with Gasteiger partial charge in [0.2, 0.25) is 0 Å². The van der Waals surface area contributed by atoms with Crippen LogP contribution < -0.4 is 0 Å². The Labute approximate surface area is 60.4 Å². The minimum absolute atomic E-state index is 0. The Morgan fingerprint density at radius 3 is 2.10 bits per heavy atom. The number of rotatable bonds is 0. The van der Waals surface area contributed by atoms with Gasteiger partial charge in [0.15, 0.2) is 0 Å². The molecule has 0 aliphatic heterocycles. The van der Waals surface area contributed by atoms with E-state index in [2.05, 4.69) is 0 Å². The average molecular weight is 135 g/mol. The summed E-state index contributed by atoms with van der Waals surface area (Å²) in [5, 5.41) is 17.0. The van der Waals surface area contributed by atoms with E-state index in [4.69, 9.17) is 10.4 Å². The molecule has 1 N–H and O–H groups in total. The number of phenols is 1. The molecule has 0 bridgehead atoms. The summed E-state index contributed by atoms with van der Waals surface area (Å²) < 4.78 is 0. The number of nitrogens with zero attached hydrogens (tertiary/aromatic N) is 1. The van der Waals surface area contributed by atoms with Crippen molar-refractivity contribution < 1.29 is 5.11 Å². The Morgan fingerprint density at radius 2 is 1.70 bits per heavy atom. The van der Waals surface area contributed by atoms with Crippen LogP contribution >= 0.6 is 0 Å². The summed E-state index contributed by atoms with van der Waals surface area (Å²) in [5.74, 6) is 0.189. The molecule has 10 heavy (non-hydrogen) atoms. The van der Waals surface area contributed by atoms with Gasteiger partial charge in [-0.05, 0) is 24.3 Å². The zero-order valence-corrected chi connectivity index (χ0v) is 4.70. The fraction of sp³-hybridized carbons (Fsp3) is 0.125. The van der Waals surface area contributed by atoms with Crippen LogP contribution in [-0.4, -0.2) is 5.11 Å². The Hall–Kier alpha value is -1.49. The Bertz CT molecular complexity index is 232. The maximum absolute atomic E-state index is 8.74. The number of nitriles is 1. The monoisotopic (exact) mass is 135 g/mol. The molecule has 1 rings (SSSR count). The van der Waals surface area contributed by atoms with E-state index in [0.717, 1.165) is 0 Å². The molecule has 0 aliphatic carbocycles. The third-order valence-corrected chi connectivity index (χ3v) is 0.996. The van der Waals surface area contributed by atoms with Gasteiger partial charge in [-0.2, -0.15) is 5.26 Å². The number of hydrogen-bond donors (Lipinski definition) is 1. The fourth-order valence-electron chi connectivity index (χ4n) is 0.536. The third-order valence-electron chi connectivity index (χ3n) is 0.996. The smallest absolute Gasteiger partial charge is 0.115 e. The summed E-state index contributed by atoms with van der Waals surface area (Å²) in [7, 11) is 0. The van der Waals surface area contributed by atoms with E-state index in [9.17, 15) is 0 Å². The van der Waals surface area contributed by atoms with E-state index in [1.165, 1.54) is 12.1 Å². The van der Waals surface area contributed by atoms with Crippen LogP contribution in [0.4, 0.5) is 0 Å². The van der Waals surface area contributed by atoms with E-state index in [-0.39, 0.29) is 13.2 Å². The first-order valence-electron chi connectivity index (χ1n) is 2.52. The molecule has 0 aromatic heterocycles. The third kappa shape index (κ3) is 1.79. The highest BCUT2D eigenvalue weighted by Gasteiger charge is 1.86. The lowest BCUT2D eigenvalue weighted by molar-refractivity contribution is 0.475. The molecular weight excluding hydrogens is 126 g/mol. The Balaban J connectivity index is 0.000000810. The molecule has 0 radical (unpaired) electrons. The van der Waals surface area contributed by atoms with Crippen LogP contribution in [0.15, 0.2) is 24.3 Å². The molecule has 1 aromatic carbocycles. The van der Waals surface area contributed by atoms with Gasteiger partial charge in [0.25, 0.3) is 0 Å². The van der Waals surface area contributed by atoms with Crippen molar-refractivity contribution >= 4 is 0 Å². The summed E-state index contributed by atoms with van der Waals surface area (Å²) in [4.78, 5) is 0. The van der Waals surface area contributed by atoms with Crippen LogP contribution in [0, 0.1) is 11.3 Å². The van der Waals surface area contributed by atoms with Gasteiger partial charge in [-0.15, -0.1) is 0 Å². The molecule has 0 saturated carbocycles. The predicted octanol–water partition coefficient (Wildman–Crippen LogP) is 1.90. The van der Waals surface area contributed by atoms with Crippen molar-refractivity contribution in [3.8, 4) is 11.8 Å². The van der Waals surface area contributed by atoms with E-state index in [0.29, 0.717) is 5.56 Å². The molecule has 0 fully saturated rings. The topological polar surface area (TPSA) is 44.0 Å². The van der Waals surface area contributed by atoms with E-state index >= 15 is 0 Å². The van der Waals surface area contributed by atoms with Crippen LogP contribution in [0.5, 0.6) is 5.75 Å². The second-order valence-electron chi connectivity index (χ2n) is 1.66. The molecular formula is C8H9NO. The molecule has 0 amide bonds. The lowest BCUT2D eigenvalue weighted by atomic mass is 10.2. The van der Waals surface area contributed by atoms with Gasteiger partial charge < -0.3 is 5.11 Å². The zero-order chi connectivity index (χ0) is 6.69. The number of hydrogen-bond acceptors (Lipinski definition) is 2. The Morgan fingerprint density at radius 1 is 1.20 bits per heavy atom. The summed E-state index contributed by atoms with van der Waals surface area (Å²) >= 11 is 0. The molecule has 0 atom stereocenters. The SMILES string of the molecule is C.N#Cc1ccc(O)cc1. The molecule has 0 saturated heterocycles. The van der Waals surface area contributed by atoms with Crippen LogP contribution in [-0.2, 0) is 0 Å². The minimum Gasteiger partial charge on any atom is -0.508 e. The normalized spacial score (nSPS) is 7.50. The van der Waals surface area contributed by atoms with Crippen LogP contribution in [0.1, 0.15) is 13.0 Å². The molecule has 0 spiro atoms. The van der Waals surface area contributed by atoms with Crippen molar-refractivity contribution in [1.82, 2.24) is 0 Å². The van der Waals surface area contributed by atoms with Gasteiger partial charge in [-0.25, -0.2) is 0 Å². The van der Waals surface area contributed by atoms with Crippen molar-refractivity contribution in [2.24, 2.45) is 0 Å². The minimum atomic E-state index is 0. The van der Waals surface area contributed by atoms with Gasteiger partial charge >= 0.3 is 0 Å². The van der Waals surface area contributed by atoms with E-state index in [1.807, 2.05) is 6.07 Å². The lowest BCUT2D eigenvalue weighted by Crippen LogP contribution is -1.69. The number of aromatic hydroxyl groups is 1. The second kappa shape index (κ2) is 3.52. The maximum atomic E-state index is 8.74. The van der Waals surface area contributed by atoms with E-state index < -0.39 is 0 Å². The maximum Gasteiger partial charge on any atom is 0.115 e. The first-order chi connectivity index (χ1) is 4.33. The number of phenolic OH excluding ortho intramolecular Hbond substituents is 1. The largest absolute Gasteiger partial charge is 0.508 e. The standard InChI is InChI=1S/C7H5NO.CH4/c8-5-6-1-3-7(9)4-2-6;/h1-4,9H;1H4. The van der Waals surface area contributed by atoms with Crippen molar-refractivity contribution in [2.75, 3.05) is 0 Å². The first-order valence-corrected chi connectivity index (χ1v) is 2.52. The summed E-state index contributed by atoms with van der Waals surface area (Å²) in [5.41, 5.74) is 0.563. The highest BCUT2D eigenvalue weighted by Crippen LogP contribution is 2.07. The Kier molecular flexibility index (Phi) is 2.99. The van der Waals surface area contributed by atoms with Crippen molar-refractivity contribution in [2.45, 2.75) is 7.43 Å². The van der Waals surface area contributed by atoms with Crippen LogP contribution in [0.25, 0.3) is 0 Å². The van der Waals surface area contributed by atoms with Gasteiger partial charge in [-0.3, -0.25) is 0 Å². The van der Waals surface area contributed by atoms with E-state index in [1.54, 1.807) is 12.1 Å². The second-order valence-corrected chi connectivity index (χ2v) is 1.66. The molecule has 0 heterocycles. The molecule has 0 aliphatic rings. The predicted molar refractivity (Wildman–Crippen MR) is 39.6 cm³/mol. The zero-order valence-electron chi connectivity index (χ0n) is 4.70. The average Bonchev–Trinajstić information content (AvgIpc) is 1.90. The van der Waals surface area contributed by atoms with Gasteiger partial charge in [0, 0.05) is 0 Å². The quantitative estimate of drug-likeness (QED) is 0.590. The highest BCUT2D eigenvalue weighted by molar-refractivity contribution is 5.33. The first kappa shape index (κ1) is 8.51. The summed E-state index contributed by atoms with van der Waals surface area (Å²) in [6, 6.07) is 8.04. The molecule has 1 aromatic rings. The summed E-state index contributed by atoms with van der Waals surface area (Å²) in [6.07, 6.45) is 0. The van der Waals surface area contributed by atoms with Crippen molar-refractivity contribution in [3.05, 3.63) is 29.8 Å². The molecule has 52 valence electrons. The summed E-state index contributed by atoms with van der Waals surface area (Å²) in [6.45, 7) is 0. The van der Waals surface area contributed by atoms with Gasteiger partial charge in [0.1, 0.15) is 5.75 Å². The van der Waals surface area contributed by atoms with Crippen LogP contribution in [0.2, 0.25) is 0 Å².